The number of rotatable bonds is 0. The maximum Gasteiger partial charge on any atom is 0.417 e. The van der Waals surface area contributed by atoms with Crippen molar-refractivity contribution in [1.29, 1.82) is 0 Å². The molecule has 0 spiro atoms. The topological polar surface area (TPSA) is 26.0 Å². The Hall–Kier alpha value is 0.0200. The summed E-state index contributed by atoms with van der Waals surface area (Å²) >= 11 is 4.62. The number of anilines is 1. The molecule has 0 saturated carbocycles. The second-order valence-corrected chi connectivity index (χ2v) is 4.20. The summed E-state index contributed by atoms with van der Waals surface area (Å²) in [6.45, 7) is 0. The first-order chi connectivity index (χ1) is 5.84. The van der Waals surface area contributed by atoms with E-state index in [0.717, 1.165) is 6.07 Å². The SMILES string of the molecule is Nc1ccc(C(F)(F)F)c(Br)c1I. The lowest BCUT2D eigenvalue weighted by Crippen LogP contribution is -2.07. The number of hydrogen-bond donors (Lipinski definition) is 1. The third-order valence-corrected chi connectivity index (χ3v) is 4.14. The van der Waals surface area contributed by atoms with Crippen LogP contribution in [0.3, 0.4) is 0 Å². The highest BCUT2D eigenvalue weighted by atomic mass is 127. The van der Waals surface area contributed by atoms with Gasteiger partial charge in [-0.2, -0.15) is 13.2 Å². The van der Waals surface area contributed by atoms with Crippen LogP contribution in [0.2, 0.25) is 0 Å². The molecule has 0 heterocycles. The van der Waals surface area contributed by atoms with E-state index in [9.17, 15) is 13.2 Å². The first-order valence-corrected chi connectivity index (χ1v) is 5.02. The smallest absolute Gasteiger partial charge is 0.398 e. The molecule has 0 aliphatic rings. The van der Waals surface area contributed by atoms with E-state index in [1.807, 2.05) is 0 Å². The van der Waals surface area contributed by atoms with Gasteiger partial charge in [-0.3, -0.25) is 0 Å². The molecule has 0 amide bonds. The van der Waals surface area contributed by atoms with Gasteiger partial charge in [-0.15, -0.1) is 0 Å². The molecule has 0 fully saturated rings. The summed E-state index contributed by atoms with van der Waals surface area (Å²) in [5.41, 5.74) is 5.06. The zero-order valence-electron chi connectivity index (χ0n) is 6.12. The molecule has 1 aromatic carbocycles. The zero-order chi connectivity index (χ0) is 10.2. The largest absolute Gasteiger partial charge is 0.417 e. The van der Waals surface area contributed by atoms with Crippen molar-refractivity contribution in [1.82, 2.24) is 0 Å². The zero-order valence-corrected chi connectivity index (χ0v) is 9.87. The summed E-state index contributed by atoms with van der Waals surface area (Å²) in [5, 5.41) is 0. The Balaban J connectivity index is 3.35. The van der Waals surface area contributed by atoms with Gasteiger partial charge in [0.2, 0.25) is 0 Å². The predicted octanol–water partition coefficient (Wildman–Crippen LogP) is 3.65. The van der Waals surface area contributed by atoms with Crippen molar-refractivity contribution in [2.45, 2.75) is 6.18 Å². The van der Waals surface area contributed by atoms with E-state index < -0.39 is 11.7 Å². The summed E-state index contributed by atoms with van der Waals surface area (Å²) in [7, 11) is 0. The van der Waals surface area contributed by atoms with Gasteiger partial charge in [0, 0.05) is 10.2 Å². The van der Waals surface area contributed by atoms with Crippen LogP contribution >= 0.6 is 38.5 Å². The van der Waals surface area contributed by atoms with Crippen LogP contribution < -0.4 is 5.73 Å². The lowest BCUT2D eigenvalue weighted by molar-refractivity contribution is -0.138. The fraction of sp³-hybridized carbons (Fsp3) is 0.143. The molecule has 2 N–H and O–H groups in total. The van der Waals surface area contributed by atoms with Crippen LogP contribution in [0.5, 0.6) is 0 Å². The van der Waals surface area contributed by atoms with Gasteiger partial charge in [-0.1, -0.05) is 0 Å². The number of nitrogens with two attached hydrogens (primary N) is 1. The van der Waals surface area contributed by atoms with Crippen molar-refractivity contribution in [3.05, 3.63) is 25.7 Å². The molecule has 0 radical (unpaired) electrons. The van der Waals surface area contributed by atoms with E-state index in [1.165, 1.54) is 6.07 Å². The van der Waals surface area contributed by atoms with Crippen molar-refractivity contribution in [2.75, 3.05) is 5.73 Å². The van der Waals surface area contributed by atoms with Gasteiger partial charge < -0.3 is 5.73 Å². The molecule has 72 valence electrons. The Kier molecular flexibility index (Phi) is 3.11. The highest BCUT2D eigenvalue weighted by Crippen LogP contribution is 2.38. The van der Waals surface area contributed by atoms with Gasteiger partial charge in [-0.05, 0) is 50.7 Å². The molecular weight excluding hydrogens is 362 g/mol. The van der Waals surface area contributed by atoms with Crippen LogP contribution in [-0.2, 0) is 6.18 Å². The van der Waals surface area contributed by atoms with Crippen LogP contribution in [0.15, 0.2) is 16.6 Å². The summed E-state index contributed by atoms with van der Waals surface area (Å²) in [6.07, 6.45) is -4.34. The van der Waals surface area contributed by atoms with Gasteiger partial charge in [0.25, 0.3) is 0 Å². The molecule has 13 heavy (non-hydrogen) atoms. The minimum atomic E-state index is -4.34. The van der Waals surface area contributed by atoms with Gasteiger partial charge >= 0.3 is 6.18 Å². The molecule has 6 heteroatoms. The molecular formula is C7H4BrF3IN. The fourth-order valence-electron chi connectivity index (χ4n) is 0.783. The molecule has 1 rings (SSSR count). The Morgan fingerprint density at radius 3 is 2.31 bits per heavy atom. The first kappa shape index (κ1) is 11.1. The van der Waals surface area contributed by atoms with Gasteiger partial charge in [0.05, 0.1) is 9.13 Å². The predicted molar refractivity (Wildman–Crippen MR) is 56.3 cm³/mol. The molecule has 0 bridgehead atoms. The molecule has 0 aromatic heterocycles. The van der Waals surface area contributed by atoms with Crippen LogP contribution in [0.4, 0.5) is 18.9 Å². The summed E-state index contributed by atoms with van der Waals surface area (Å²) < 4.78 is 37.2. The van der Waals surface area contributed by atoms with Crippen LogP contribution in [0, 0.1) is 3.57 Å². The third-order valence-electron chi connectivity index (χ3n) is 1.42. The van der Waals surface area contributed by atoms with Crippen LogP contribution in [0.25, 0.3) is 0 Å². The maximum atomic E-state index is 12.3. The number of halogens is 5. The average molecular weight is 366 g/mol. The lowest BCUT2D eigenvalue weighted by atomic mass is 10.2. The summed E-state index contributed by atoms with van der Waals surface area (Å²) in [6, 6.07) is 2.21. The quantitative estimate of drug-likeness (QED) is 0.551. The van der Waals surface area contributed by atoms with Crippen molar-refractivity contribution in [3.8, 4) is 0 Å². The van der Waals surface area contributed by atoms with Crippen molar-refractivity contribution >= 4 is 44.2 Å². The van der Waals surface area contributed by atoms with Gasteiger partial charge in [0.15, 0.2) is 0 Å². The number of benzene rings is 1. The van der Waals surface area contributed by atoms with Crippen molar-refractivity contribution < 1.29 is 13.2 Å². The normalized spacial score (nSPS) is 11.8. The molecule has 0 aliphatic heterocycles. The molecule has 0 unspecified atom stereocenters. The highest BCUT2D eigenvalue weighted by molar-refractivity contribution is 14.1. The van der Waals surface area contributed by atoms with E-state index in [1.54, 1.807) is 22.6 Å². The Morgan fingerprint density at radius 1 is 1.31 bits per heavy atom. The Morgan fingerprint density at radius 2 is 1.85 bits per heavy atom. The van der Waals surface area contributed by atoms with Gasteiger partial charge in [0.1, 0.15) is 0 Å². The van der Waals surface area contributed by atoms with E-state index in [0.29, 0.717) is 9.26 Å². The van der Waals surface area contributed by atoms with Crippen molar-refractivity contribution in [2.24, 2.45) is 0 Å². The second kappa shape index (κ2) is 3.64. The molecule has 1 aromatic rings. The molecule has 0 saturated heterocycles. The fourth-order valence-corrected chi connectivity index (χ4v) is 1.84. The second-order valence-electron chi connectivity index (χ2n) is 2.33. The maximum absolute atomic E-state index is 12.3. The third kappa shape index (κ3) is 2.28. The molecule has 0 aliphatic carbocycles. The minimum Gasteiger partial charge on any atom is -0.398 e. The van der Waals surface area contributed by atoms with Crippen molar-refractivity contribution in [3.63, 3.8) is 0 Å². The molecule has 1 nitrogen and oxygen atoms in total. The Bertz CT molecular complexity index is 337. The van der Waals surface area contributed by atoms with Crippen LogP contribution in [-0.4, -0.2) is 0 Å². The number of nitrogen functional groups attached to an aromatic ring is 1. The van der Waals surface area contributed by atoms with E-state index >= 15 is 0 Å². The summed E-state index contributed by atoms with van der Waals surface area (Å²) in [5.74, 6) is 0. The Labute approximate surface area is 94.8 Å². The van der Waals surface area contributed by atoms with E-state index in [4.69, 9.17) is 5.73 Å². The van der Waals surface area contributed by atoms with E-state index in [-0.39, 0.29) is 4.47 Å². The minimum absolute atomic E-state index is 0.000556. The van der Waals surface area contributed by atoms with Crippen LogP contribution in [0.1, 0.15) is 5.56 Å². The molecule has 0 atom stereocenters. The lowest BCUT2D eigenvalue weighted by Gasteiger charge is -2.11. The highest BCUT2D eigenvalue weighted by Gasteiger charge is 2.33. The monoisotopic (exact) mass is 365 g/mol. The standard InChI is InChI=1S/C7H4BrF3IN/c8-5-3(7(9,10)11)1-2-4(13)6(5)12/h1-2H,13H2. The first-order valence-electron chi connectivity index (χ1n) is 3.14. The average Bonchev–Trinajstić information content (AvgIpc) is 1.98. The van der Waals surface area contributed by atoms with Gasteiger partial charge in [-0.25, -0.2) is 0 Å². The number of alkyl halides is 3. The summed E-state index contributed by atoms with van der Waals surface area (Å²) in [4.78, 5) is 0. The number of hydrogen-bond acceptors (Lipinski definition) is 1. The van der Waals surface area contributed by atoms with E-state index in [2.05, 4.69) is 15.9 Å².